The molecule has 0 atom stereocenters. The number of halogens is 1. The number of hydrogen-bond acceptors (Lipinski definition) is 7. The quantitative estimate of drug-likeness (QED) is 0.255. The highest BCUT2D eigenvalue weighted by atomic mass is 32.2. The van der Waals surface area contributed by atoms with E-state index in [4.69, 9.17) is 5.73 Å². The Kier molecular flexibility index (Phi) is 5.62. The summed E-state index contributed by atoms with van der Waals surface area (Å²) in [5, 5.41) is 9.02. The van der Waals surface area contributed by atoms with Crippen molar-refractivity contribution in [2.45, 2.75) is 6.54 Å². The summed E-state index contributed by atoms with van der Waals surface area (Å²) in [5.41, 5.74) is 12.7. The SMILES string of the molecule is CS(=O)(=O)NCc1cc(F)cc(-c2cncc3[nH]c(-c4[nH]nc5ncc(-c6cncc(N)c6)cc45)cc23)c1. The molecule has 0 spiro atoms. The lowest BCUT2D eigenvalue weighted by Gasteiger charge is -2.08. The Balaban J connectivity index is 1.43. The maximum atomic E-state index is 14.5. The molecule has 0 radical (unpaired) electrons. The van der Waals surface area contributed by atoms with Crippen molar-refractivity contribution >= 4 is 37.6 Å². The lowest BCUT2D eigenvalue weighted by Crippen LogP contribution is -2.21. The first kappa shape index (κ1) is 23.7. The van der Waals surface area contributed by atoms with Gasteiger partial charge in [0.15, 0.2) is 5.65 Å². The summed E-state index contributed by atoms with van der Waals surface area (Å²) in [5.74, 6) is -0.477. The van der Waals surface area contributed by atoms with E-state index in [9.17, 15) is 12.8 Å². The standard InChI is InChI=1S/C26H21FN8O2S/c1-38(36,37)32-8-14-2-15(4-18(27)3-14)22-12-30-13-24-20(22)7-23(33-24)25-21-6-17(10-31-26(21)35-34-25)16-5-19(28)11-29-9-16/h2-7,9-13,32-33H,8,28H2,1H3,(H,31,34,35). The van der Waals surface area contributed by atoms with Crippen LogP contribution >= 0.6 is 0 Å². The van der Waals surface area contributed by atoms with E-state index < -0.39 is 15.8 Å². The van der Waals surface area contributed by atoms with Crippen LogP contribution in [0.5, 0.6) is 0 Å². The second-order valence-electron chi connectivity index (χ2n) is 8.97. The number of pyridine rings is 3. The van der Waals surface area contributed by atoms with Crippen LogP contribution in [0, 0.1) is 5.82 Å². The van der Waals surface area contributed by atoms with Gasteiger partial charge in [0.05, 0.1) is 35.0 Å². The number of nitrogens with one attached hydrogen (secondary N) is 3. The predicted molar refractivity (Wildman–Crippen MR) is 144 cm³/mol. The monoisotopic (exact) mass is 528 g/mol. The van der Waals surface area contributed by atoms with Gasteiger partial charge in [-0.2, -0.15) is 5.10 Å². The highest BCUT2D eigenvalue weighted by Crippen LogP contribution is 2.35. The minimum absolute atomic E-state index is 0.0244. The van der Waals surface area contributed by atoms with Crippen molar-refractivity contribution in [3.05, 3.63) is 78.8 Å². The number of nitrogens with zero attached hydrogens (tertiary/aromatic N) is 4. The van der Waals surface area contributed by atoms with Crippen LogP contribution in [-0.4, -0.2) is 44.8 Å². The number of H-pyrrole nitrogens is 2. The molecule has 10 nitrogen and oxygen atoms in total. The van der Waals surface area contributed by atoms with Crippen molar-refractivity contribution in [1.82, 2.24) is 34.9 Å². The van der Waals surface area contributed by atoms with Crippen molar-refractivity contribution in [2.24, 2.45) is 0 Å². The van der Waals surface area contributed by atoms with Crippen LogP contribution in [0.3, 0.4) is 0 Å². The topological polar surface area (TPSA) is 155 Å². The van der Waals surface area contributed by atoms with Gasteiger partial charge in [-0.25, -0.2) is 22.5 Å². The minimum Gasteiger partial charge on any atom is -0.397 e. The molecule has 6 rings (SSSR count). The number of nitrogens with two attached hydrogens (primary N) is 1. The molecule has 38 heavy (non-hydrogen) atoms. The van der Waals surface area contributed by atoms with Crippen molar-refractivity contribution < 1.29 is 12.8 Å². The molecule has 12 heteroatoms. The average Bonchev–Trinajstić information content (AvgIpc) is 3.50. The van der Waals surface area contributed by atoms with E-state index in [1.54, 1.807) is 37.1 Å². The van der Waals surface area contributed by atoms with Crippen LogP contribution < -0.4 is 10.5 Å². The molecule has 5 N–H and O–H groups in total. The van der Waals surface area contributed by atoms with Crippen molar-refractivity contribution in [3.63, 3.8) is 0 Å². The first-order valence-corrected chi connectivity index (χ1v) is 13.4. The molecular formula is C26H21FN8O2S. The molecule has 0 fully saturated rings. The Bertz CT molecular complexity index is 1950. The zero-order chi connectivity index (χ0) is 26.4. The van der Waals surface area contributed by atoms with Gasteiger partial charge in [0, 0.05) is 58.8 Å². The number of nitrogen functional groups attached to an aromatic ring is 1. The highest BCUT2D eigenvalue weighted by Gasteiger charge is 2.16. The van der Waals surface area contributed by atoms with Gasteiger partial charge in [-0.1, -0.05) is 0 Å². The Morgan fingerprint density at radius 3 is 2.55 bits per heavy atom. The number of hydrogen-bond donors (Lipinski definition) is 4. The summed E-state index contributed by atoms with van der Waals surface area (Å²) >= 11 is 0. The van der Waals surface area contributed by atoms with Gasteiger partial charge in [0.25, 0.3) is 0 Å². The number of benzene rings is 1. The summed E-state index contributed by atoms with van der Waals surface area (Å²) in [7, 11) is -3.42. The Morgan fingerprint density at radius 1 is 0.921 bits per heavy atom. The molecule has 0 aliphatic carbocycles. The first-order chi connectivity index (χ1) is 18.2. The molecule has 0 saturated carbocycles. The molecule has 0 aliphatic heterocycles. The molecule has 5 aromatic heterocycles. The Morgan fingerprint density at radius 2 is 1.74 bits per heavy atom. The first-order valence-electron chi connectivity index (χ1n) is 11.5. The number of sulfonamides is 1. The van der Waals surface area contributed by atoms with Gasteiger partial charge in [-0.3, -0.25) is 15.1 Å². The summed E-state index contributed by atoms with van der Waals surface area (Å²) < 4.78 is 39.9. The lowest BCUT2D eigenvalue weighted by molar-refractivity contribution is 0.586. The average molecular weight is 529 g/mol. The van der Waals surface area contributed by atoms with Crippen LogP contribution in [0.1, 0.15) is 5.56 Å². The van der Waals surface area contributed by atoms with Crippen LogP contribution in [0.15, 0.2) is 67.4 Å². The smallest absolute Gasteiger partial charge is 0.209 e. The van der Waals surface area contributed by atoms with Crippen LogP contribution in [-0.2, 0) is 16.6 Å². The normalized spacial score (nSPS) is 11.9. The molecule has 0 bridgehead atoms. The highest BCUT2D eigenvalue weighted by molar-refractivity contribution is 7.88. The Hall–Kier alpha value is -4.68. The van der Waals surface area contributed by atoms with Crippen molar-refractivity contribution in [3.8, 4) is 33.6 Å². The largest absolute Gasteiger partial charge is 0.397 e. The van der Waals surface area contributed by atoms with E-state index in [-0.39, 0.29) is 6.54 Å². The maximum absolute atomic E-state index is 14.5. The van der Waals surface area contributed by atoms with E-state index >= 15 is 0 Å². The third-order valence-corrected chi connectivity index (χ3v) is 6.79. The maximum Gasteiger partial charge on any atom is 0.209 e. The number of aromatic nitrogens is 6. The number of rotatable bonds is 6. The van der Waals surface area contributed by atoms with Gasteiger partial charge in [-0.15, -0.1) is 0 Å². The molecule has 6 aromatic rings. The van der Waals surface area contributed by atoms with Crippen LogP contribution in [0.25, 0.3) is 55.6 Å². The van der Waals surface area contributed by atoms with Gasteiger partial charge >= 0.3 is 0 Å². The zero-order valence-corrected chi connectivity index (χ0v) is 20.8. The second kappa shape index (κ2) is 9.01. The number of aromatic amines is 2. The van der Waals surface area contributed by atoms with E-state index in [1.165, 1.54) is 12.1 Å². The second-order valence-corrected chi connectivity index (χ2v) is 10.8. The van der Waals surface area contributed by atoms with E-state index in [0.29, 0.717) is 28.0 Å². The van der Waals surface area contributed by atoms with Crippen molar-refractivity contribution in [2.75, 3.05) is 12.0 Å². The van der Waals surface area contributed by atoms with Gasteiger partial charge in [0.2, 0.25) is 10.0 Å². The Labute approximate surface area is 216 Å². The molecule has 0 saturated heterocycles. The van der Waals surface area contributed by atoms with Crippen LogP contribution in [0.2, 0.25) is 0 Å². The summed E-state index contributed by atoms with van der Waals surface area (Å²) in [6.45, 7) is -0.0244. The molecule has 190 valence electrons. The zero-order valence-electron chi connectivity index (χ0n) is 20.0. The van der Waals surface area contributed by atoms with Gasteiger partial charge in [0.1, 0.15) is 5.82 Å². The molecule has 0 aliphatic rings. The van der Waals surface area contributed by atoms with Gasteiger partial charge in [-0.05, 0) is 47.5 Å². The van der Waals surface area contributed by atoms with Gasteiger partial charge < -0.3 is 10.7 Å². The molecule has 5 heterocycles. The third kappa shape index (κ3) is 4.58. The number of anilines is 1. The van der Waals surface area contributed by atoms with E-state index in [2.05, 4.69) is 34.9 Å². The van der Waals surface area contributed by atoms with Crippen LogP contribution in [0.4, 0.5) is 10.1 Å². The molecule has 0 amide bonds. The fourth-order valence-electron chi connectivity index (χ4n) is 4.42. The summed E-state index contributed by atoms with van der Waals surface area (Å²) in [6.07, 6.45) is 9.42. The predicted octanol–water partition coefficient (Wildman–Crippen LogP) is 4.00. The van der Waals surface area contributed by atoms with E-state index in [1.807, 2.05) is 18.2 Å². The van der Waals surface area contributed by atoms with Crippen molar-refractivity contribution in [1.29, 1.82) is 0 Å². The minimum atomic E-state index is -3.42. The molecule has 1 aromatic carbocycles. The fraction of sp³-hybridized carbons (Fsp3) is 0.0769. The molecular weight excluding hydrogens is 507 g/mol. The van der Waals surface area contributed by atoms with E-state index in [0.717, 1.165) is 45.1 Å². The fourth-order valence-corrected chi connectivity index (χ4v) is 4.85. The number of fused-ring (bicyclic) bond motifs is 2. The summed E-state index contributed by atoms with van der Waals surface area (Å²) in [4.78, 5) is 16.3. The lowest BCUT2D eigenvalue weighted by atomic mass is 10.0. The third-order valence-electron chi connectivity index (χ3n) is 6.12. The molecule has 0 unspecified atom stereocenters. The summed E-state index contributed by atoms with van der Waals surface area (Å²) in [6, 6.07) is 10.2.